The first-order chi connectivity index (χ1) is 7.16. The van der Waals surface area contributed by atoms with Crippen LogP contribution in [0.2, 0.25) is 0 Å². The molecule has 0 amide bonds. The molecule has 5 heteroatoms. The first-order valence-corrected chi connectivity index (χ1v) is 4.25. The van der Waals surface area contributed by atoms with Crippen LogP contribution in [0.25, 0.3) is 0 Å². The van der Waals surface area contributed by atoms with E-state index in [1.54, 1.807) is 6.07 Å². The number of esters is 1. The summed E-state index contributed by atoms with van der Waals surface area (Å²) in [5, 5.41) is 10.7. The first kappa shape index (κ1) is 14.9. The molecule has 0 aliphatic heterocycles. The summed E-state index contributed by atoms with van der Waals surface area (Å²) in [4.78, 5) is 22.0. The van der Waals surface area contributed by atoms with Gasteiger partial charge in [-0.05, 0) is 6.07 Å². The van der Waals surface area contributed by atoms with E-state index >= 15 is 0 Å². The minimum Gasteiger partial charge on any atom is -0.545 e. The summed E-state index contributed by atoms with van der Waals surface area (Å²) < 4.78 is 4.72. The van der Waals surface area contributed by atoms with Crippen molar-refractivity contribution in [2.75, 3.05) is 6.61 Å². The molecular weight excluding hydrogens is 219 g/mol. The van der Waals surface area contributed by atoms with Crippen molar-refractivity contribution in [1.82, 2.24) is 0 Å². The third-order valence-electron chi connectivity index (χ3n) is 1.70. The molecule has 1 rings (SSSR count). The minimum absolute atomic E-state index is 0. The Kier molecular flexibility index (Phi) is 6.72. The average Bonchev–Trinajstić information content (AvgIpc) is 2.25. The molecule has 4 nitrogen and oxygen atoms in total. The van der Waals surface area contributed by atoms with Gasteiger partial charge in [0.05, 0.1) is 11.5 Å². The van der Waals surface area contributed by atoms with E-state index in [1.807, 2.05) is 0 Å². The Labute approximate surface area is 115 Å². The van der Waals surface area contributed by atoms with Gasteiger partial charge in [-0.25, -0.2) is 4.79 Å². The van der Waals surface area contributed by atoms with Crippen molar-refractivity contribution < 1.29 is 49.0 Å². The van der Waals surface area contributed by atoms with Crippen molar-refractivity contribution in [2.24, 2.45) is 0 Å². The van der Waals surface area contributed by atoms with Crippen molar-refractivity contribution in [2.45, 2.75) is 0 Å². The molecule has 78 valence electrons. The first-order valence-electron chi connectivity index (χ1n) is 4.25. The fraction of sp³-hybridized carbons (Fsp3) is 0.0909. The molecule has 0 saturated heterocycles. The van der Waals surface area contributed by atoms with Crippen LogP contribution >= 0.6 is 0 Å². The predicted octanol–water partition coefficient (Wildman–Crippen LogP) is -2.60. The third-order valence-corrected chi connectivity index (χ3v) is 1.70. The zero-order valence-corrected chi connectivity index (χ0v) is 10.9. The van der Waals surface area contributed by atoms with Crippen molar-refractivity contribution in [3.8, 4) is 0 Å². The monoisotopic (exact) mass is 228 g/mol. The summed E-state index contributed by atoms with van der Waals surface area (Å²) in [6.45, 7) is 3.42. The molecule has 0 spiro atoms. The summed E-state index contributed by atoms with van der Waals surface area (Å²) in [6, 6.07) is 5.72. The molecule has 0 aliphatic rings. The van der Waals surface area contributed by atoms with E-state index in [9.17, 15) is 14.7 Å². The molecule has 0 aromatic heterocycles. The van der Waals surface area contributed by atoms with Crippen molar-refractivity contribution in [3.05, 3.63) is 48.0 Å². The van der Waals surface area contributed by atoms with E-state index in [-0.39, 0.29) is 47.3 Å². The van der Waals surface area contributed by atoms with Crippen molar-refractivity contribution in [3.63, 3.8) is 0 Å². The van der Waals surface area contributed by atoms with Crippen LogP contribution in [-0.4, -0.2) is 18.5 Å². The summed E-state index contributed by atoms with van der Waals surface area (Å²) >= 11 is 0. The van der Waals surface area contributed by atoms with Crippen LogP contribution in [0.15, 0.2) is 36.9 Å². The van der Waals surface area contributed by atoms with Crippen LogP contribution in [0.3, 0.4) is 0 Å². The maximum absolute atomic E-state index is 11.4. The fourth-order valence-electron chi connectivity index (χ4n) is 1.05. The Morgan fingerprint density at radius 1 is 1.31 bits per heavy atom. The number of ether oxygens (including phenoxy) is 1. The van der Waals surface area contributed by atoms with E-state index < -0.39 is 11.9 Å². The number of carbonyl (C=O) groups is 2. The van der Waals surface area contributed by atoms with Gasteiger partial charge in [0.25, 0.3) is 0 Å². The fourth-order valence-corrected chi connectivity index (χ4v) is 1.05. The molecule has 0 bridgehead atoms. The normalized spacial score (nSPS) is 8.75. The molecule has 0 radical (unpaired) electrons. The smallest absolute Gasteiger partial charge is 0.545 e. The van der Waals surface area contributed by atoms with E-state index in [1.165, 1.54) is 24.3 Å². The third kappa shape index (κ3) is 3.81. The van der Waals surface area contributed by atoms with E-state index in [0.717, 1.165) is 0 Å². The largest absolute Gasteiger partial charge is 1.00 e. The zero-order chi connectivity index (χ0) is 11.3. The summed E-state index contributed by atoms with van der Waals surface area (Å²) in [6.07, 6.45) is 1.40. The van der Waals surface area contributed by atoms with Crippen LogP contribution in [0.5, 0.6) is 0 Å². The number of carboxylic acid groups (broad SMARTS) is 1. The Balaban J connectivity index is 0.00000225. The number of aromatic carboxylic acids is 1. The molecule has 0 atom stereocenters. The minimum atomic E-state index is -1.40. The van der Waals surface area contributed by atoms with Gasteiger partial charge in [0.2, 0.25) is 0 Å². The average molecular weight is 228 g/mol. The molecule has 0 N–H and O–H groups in total. The van der Waals surface area contributed by atoms with Gasteiger partial charge in [0, 0.05) is 5.56 Å². The second-order valence-corrected chi connectivity index (χ2v) is 2.72. The second-order valence-electron chi connectivity index (χ2n) is 2.72. The van der Waals surface area contributed by atoms with Gasteiger partial charge in [0.1, 0.15) is 6.61 Å². The summed E-state index contributed by atoms with van der Waals surface area (Å²) in [5.41, 5.74) is -0.189. The molecule has 0 fully saturated rings. The van der Waals surface area contributed by atoms with Gasteiger partial charge < -0.3 is 14.6 Å². The van der Waals surface area contributed by atoms with Crippen LogP contribution in [0.1, 0.15) is 20.7 Å². The topological polar surface area (TPSA) is 66.4 Å². The molecular formula is C11H9NaO4. The van der Waals surface area contributed by atoms with Crippen LogP contribution < -0.4 is 34.7 Å². The summed E-state index contributed by atoms with van der Waals surface area (Å²) in [7, 11) is 0. The molecule has 0 aliphatic carbocycles. The molecule has 16 heavy (non-hydrogen) atoms. The van der Waals surface area contributed by atoms with Crippen molar-refractivity contribution in [1.29, 1.82) is 0 Å². The van der Waals surface area contributed by atoms with Crippen LogP contribution in [-0.2, 0) is 4.74 Å². The molecule has 1 aromatic carbocycles. The zero-order valence-electron chi connectivity index (χ0n) is 8.93. The number of benzene rings is 1. The molecule has 0 saturated carbocycles. The summed E-state index contributed by atoms with van der Waals surface area (Å²) in [5.74, 6) is -2.10. The van der Waals surface area contributed by atoms with E-state index in [2.05, 4.69) is 6.58 Å². The van der Waals surface area contributed by atoms with Crippen molar-refractivity contribution >= 4 is 11.9 Å². The Morgan fingerprint density at radius 2 is 1.88 bits per heavy atom. The molecule has 0 unspecified atom stereocenters. The maximum Gasteiger partial charge on any atom is 1.00 e. The van der Waals surface area contributed by atoms with Crippen LogP contribution in [0.4, 0.5) is 0 Å². The SMILES string of the molecule is C=CCOC(=O)c1ccccc1C(=O)[O-].[Na+]. The number of carboxylic acids is 1. The van der Waals surface area contributed by atoms with Gasteiger partial charge in [0.15, 0.2) is 0 Å². The Morgan fingerprint density at radius 3 is 2.38 bits per heavy atom. The van der Waals surface area contributed by atoms with Gasteiger partial charge in [-0.1, -0.05) is 30.9 Å². The van der Waals surface area contributed by atoms with Crippen LogP contribution in [0, 0.1) is 0 Å². The maximum atomic E-state index is 11.4. The Hall–Kier alpha value is -1.10. The second kappa shape index (κ2) is 7.22. The van der Waals surface area contributed by atoms with E-state index in [4.69, 9.17) is 4.74 Å². The number of rotatable bonds is 4. The number of hydrogen-bond acceptors (Lipinski definition) is 4. The van der Waals surface area contributed by atoms with Gasteiger partial charge in [-0.15, -0.1) is 0 Å². The van der Waals surface area contributed by atoms with Gasteiger partial charge in [-0.3, -0.25) is 0 Å². The predicted molar refractivity (Wildman–Crippen MR) is 51.3 cm³/mol. The standard InChI is InChI=1S/C11H10O4.Na/c1-2-7-15-11(14)9-6-4-3-5-8(9)10(12)13;/h2-6H,1,7H2,(H,12,13);/q;+1/p-1. The van der Waals surface area contributed by atoms with Gasteiger partial charge in [-0.2, -0.15) is 0 Å². The molecule has 0 heterocycles. The van der Waals surface area contributed by atoms with E-state index in [0.29, 0.717) is 0 Å². The molecule has 1 aromatic rings. The quantitative estimate of drug-likeness (QED) is 0.322. The Bertz CT molecular complexity index is 401. The number of hydrogen-bond donors (Lipinski definition) is 0. The number of carbonyl (C=O) groups excluding carboxylic acids is 2. The van der Waals surface area contributed by atoms with Gasteiger partial charge >= 0.3 is 35.5 Å².